The highest BCUT2D eigenvalue weighted by Crippen LogP contribution is 2.14. The summed E-state index contributed by atoms with van der Waals surface area (Å²) in [7, 11) is 1.59. The van der Waals surface area contributed by atoms with Crippen LogP contribution in [0.1, 0.15) is 32.9 Å². The smallest absolute Gasteiger partial charge is 0.228 e. The summed E-state index contributed by atoms with van der Waals surface area (Å²) in [4.78, 5) is 11.6. The van der Waals surface area contributed by atoms with E-state index in [9.17, 15) is 4.79 Å². The van der Waals surface area contributed by atoms with Gasteiger partial charge in [-0.25, -0.2) is 0 Å². The maximum atomic E-state index is 11.6. The van der Waals surface area contributed by atoms with Gasteiger partial charge in [-0.3, -0.25) is 9.89 Å². The summed E-state index contributed by atoms with van der Waals surface area (Å²) in [6.45, 7) is 5.76. The second kappa shape index (κ2) is 5.12. The maximum Gasteiger partial charge on any atom is 0.228 e. The van der Waals surface area contributed by atoms with Crippen molar-refractivity contribution in [2.75, 3.05) is 12.4 Å². The van der Waals surface area contributed by atoms with Crippen LogP contribution in [0.25, 0.3) is 0 Å². The van der Waals surface area contributed by atoms with Crippen LogP contribution in [0.15, 0.2) is 6.07 Å². The summed E-state index contributed by atoms with van der Waals surface area (Å²) < 4.78 is 5.18. The van der Waals surface area contributed by atoms with E-state index in [1.54, 1.807) is 7.11 Å². The number of aromatic amines is 1. The summed E-state index contributed by atoms with van der Waals surface area (Å²) in [6, 6.07) is 1.83. The minimum absolute atomic E-state index is 0.0963. The molecule has 0 aromatic carbocycles. The van der Waals surface area contributed by atoms with E-state index in [2.05, 4.69) is 15.5 Å². The first-order valence-electron chi connectivity index (χ1n) is 5.36. The first kappa shape index (κ1) is 12.7. The average molecular weight is 225 g/mol. The first-order valence-corrected chi connectivity index (χ1v) is 5.36. The van der Waals surface area contributed by atoms with Crippen molar-refractivity contribution in [2.45, 2.75) is 39.2 Å². The van der Waals surface area contributed by atoms with Crippen LogP contribution in [0.4, 0.5) is 5.82 Å². The summed E-state index contributed by atoms with van der Waals surface area (Å²) in [5.41, 5.74) is 0.551. The van der Waals surface area contributed by atoms with Crippen molar-refractivity contribution < 1.29 is 9.53 Å². The maximum absolute atomic E-state index is 11.6. The Hall–Kier alpha value is -1.36. The molecule has 0 radical (unpaired) electrons. The number of carbonyl (C=O) groups is 1. The lowest BCUT2D eigenvalue weighted by Crippen LogP contribution is -2.29. The van der Waals surface area contributed by atoms with Gasteiger partial charge < -0.3 is 10.1 Å². The van der Waals surface area contributed by atoms with Gasteiger partial charge >= 0.3 is 0 Å². The highest BCUT2D eigenvalue weighted by atomic mass is 16.5. The van der Waals surface area contributed by atoms with Crippen LogP contribution in [-0.4, -0.2) is 28.8 Å². The van der Waals surface area contributed by atoms with E-state index in [1.165, 1.54) is 0 Å². The Morgan fingerprint density at radius 2 is 2.31 bits per heavy atom. The highest BCUT2D eigenvalue weighted by molar-refractivity contribution is 5.90. The first-order chi connectivity index (χ1) is 7.46. The summed E-state index contributed by atoms with van der Waals surface area (Å²) in [5.74, 6) is 0.467. The van der Waals surface area contributed by atoms with Gasteiger partial charge in [-0.2, -0.15) is 5.10 Å². The van der Waals surface area contributed by atoms with Crippen molar-refractivity contribution >= 4 is 11.7 Å². The van der Waals surface area contributed by atoms with Gasteiger partial charge in [0.15, 0.2) is 5.82 Å². The molecular weight excluding hydrogens is 206 g/mol. The van der Waals surface area contributed by atoms with Crippen molar-refractivity contribution in [3.63, 3.8) is 0 Å². The molecule has 0 aliphatic rings. The zero-order chi connectivity index (χ0) is 12.2. The number of aryl methyl sites for hydroxylation is 1. The molecule has 16 heavy (non-hydrogen) atoms. The predicted molar refractivity (Wildman–Crippen MR) is 62.3 cm³/mol. The molecule has 0 bridgehead atoms. The minimum atomic E-state index is -0.450. The fraction of sp³-hybridized carbons (Fsp3) is 0.636. The number of nitrogens with one attached hydrogen (secondary N) is 2. The number of nitrogens with zero attached hydrogens (tertiary/aromatic N) is 1. The Labute approximate surface area is 95.6 Å². The number of rotatable bonds is 5. The molecule has 5 heteroatoms. The predicted octanol–water partition coefficient (Wildman–Crippen LogP) is 1.73. The summed E-state index contributed by atoms with van der Waals surface area (Å²) in [5, 5.41) is 9.55. The van der Waals surface area contributed by atoms with Crippen LogP contribution in [0, 0.1) is 0 Å². The number of anilines is 1. The van der Waals surface area contributed by atoms with E-state index in [4.69, 9.17) is 4.74 Å². The van der Waals surface area contributed by atoms with E-state index in [1.807, 2.05) is 26.8 Å². The molecule has 2 N–H and O–H groups in total. The van der Waals surface area contributed by atoms with Crippen LogP contribution in [0.2, 0.25) is 0 Å². The molecule has 1 amide bonds. The Bertz CT molecular complexity index is 358. The number of aromatic nitrogens is 2. The monoisotopic (exact) mass is 225 g/mol. The molecular formula is C11H19N3O2. The van der Waals surface area contributed by atoms with Gasteiger partial charge in [-0.15, -0.1) is 0 Å². The molecule has 1 aromatic rings. The quantitative estimate of drug-likeness (QED) is 0.801. The van der Waals surface area contributed by atoms with Gasteiger partial charge in [-0.05, 0) is 20.3 Å². The molecule has 1 aromatic heterocycles. The largest absolute Gasteiger partial charge is 0.378 e. The normalized spacial score (nSPS) is 11.5. The van der Waals surface area contributed by atoms with Crippen molar-refractivity contribution in [1.82, 2.24) is 10.2 Å². The third-order valence-corrected chi connectivity index (χ3v) is 2.42. The van der Waals surface area contributed by atoms with E-state index in [0.717, 1.165) is 12.1 Å². The zero-order valence-corrected chi connectivity index (χ0v) is 10.3. The van der Waals surface area contributed by atoms with Crippen LogP contribution in [0.5, 0.6) is 0 Å². The Kier molecular flexibility index (Phi) is 4.06. The van der Waals surface area contributed by atoms with E-state index in [-0.39, 0.29) is 5.91 Å². The minimum Gasteiger partial charge on any atom is -0.378 e. The van der Waals surface area contributed by atoms with E-state index >= 15 is 0 Å². The third-order valence-electron chi connectivity index (χ3n) is 2.42. The van der Waals surface area contributed by atoms with Gasteiger partial charge in [0.1, 0.15) is 0 Å². The summed E-state index contributed by atoms with van der Waals surface area (Å²) >= 11 is 0. The molecule has 0 saturated heterocycles. The second-order valence-corrected chi connectivity index (χ2v) is 4.32. The van der Waals surface area contributed by atoms with Gasteiger partial charge in [0.05, 0.1) is 12.0 Å². The molecule has 0 aliphatic heterocycles. The standard InChI is InChI=1S/C11H19N3O2/c1-5-8-6-9(14-13-8)12-10(15)7-11(2,3)16-4/h6H,5,7H2,1-4H3,(H2,12,13,14,15). The number of amides is 1. The molecule has 1 rings (SSSR count). The molecule has 0 aliphatic carbocycles. The third kappa shape index (κ3) is 3.66. The molecule has 0 fully saturated rings. The number of carbonyl (C=O) groups excluding carboxylic acids is 1. The highest BCUT2D eigenvalue weighted by Gasteiger charge is 2.21. The van der Waals surface area contributed by atoms with Crippen LogP contribution < -0.4 is 5.32 Å². The molecule has 0 spiro atoms. The van der Waals surface area contributed by atoms with Gasteiger partial charge in [0.2, 0.25) is 5.91 Å². The molecule has 5 nitrogen and oxygen atoms in total. The van der Waals surface area contributed by atoms with Gasteiger partial charge in [-0.1, -0.05) is 6.92 Å². The van der Waals surface area contributed by atoms with Crippen LogP contribution in [-0.2, 0) is 16.0 Å². The SMILES string of the molecule is CCc1cc(NC(=O)CC(C)(C)OC)n[nH]1. The zero-order valence-electron chi connectivity index (χ0n) is 10.3. The number of methoxy groups -OCH3 is 1. The van der Waals surface area contributed by atoms with E-state index < -0.39 is 5.60 Å². The van der Waals surface area contributed by atoms with Crippen molar-refractivity contribution in [3.8, 4) is 0 Å². The lowest BCUT2D eigenvalue weighted by atomic mass is 10.1. The van der Waals surface area contributed by atoms with Crippen LogP contribution >= 0.6 is 0 Å². The van der Waals surface area contributed by atoms with Gasteiger partial charge in [0.25, 0.3) is 0 Å². The lowest BCUT2D eigenvalue weighted by Gasteiger charge is -2.21. The number of H-pyrrole nitrogens is 1. The van der Waals surface area contributed by atoms with E-state index in [0.29, 0.717) is 12.2 Å². The van der Waals surface area contributed by atoms with Crippen molar-refractivity contribution in [3.05, 3.63) is 11.8 Å². The number of ether oxygens (including phenoxy) is 1. The summed E-state index contributed by atoms with van der Waals surface area (Å²) in [6.07, 6.45) is 1.17. The fourth-order valence-electron chi connectivity index (χ4n) is 1.25. The lowest BCUT2D eigenvalue weighted by molar-refractivity contribution is -0.121. The van der Waals surface area contributed by atoms with Crippen LogP contribution in [0.3, 0.4) is 0 Å². The van der Waals surface area contributed by atoms with Gasteiger partial charge in [0, 0.05) is 18.9 Å². The van der Waals surface area contributed by atoms with Crippen molar-refractivity contribution in [2.24, 2.45) is 0 Å². The molecule has 90 valence electrons. The second-order valence-electron chi connectivity index (χ2n) is 4.32. The molecule has 0 saturated carbocycles. The Balaban J connectivity index is 2.51. The topological polar surface area (TPSA) is 67.0 Å². The molecule has 0 unspecified atom stereocenters. The average Bonchev–Trinajstić information content (AvgIpc) is 2.64. The Morgan fingerprint density at radius 3 is 2.81 bits per heavy atom. The van der Waals surface area contributed by atoms with Crippen molar-refractivity contribution in [1.29, 1.82) is 0 Å². The molecule has 0 atom stereocenters. The number of hydrogen-bond donors (Lipinski definition) is 2. The molecule has 1 heterocycles. The number of hydrogen-bond acceptors (Lipinski definition) is 3. The Morgan fingerprint density at radius 1 is 1.62 bits per heavy atom. The fourth-order valence-corrected chi connectivity index (χ4v) is 1.25.